The Morgan fingerprint density at radius 3 is 2.38 bits per heavy atom. The molecule has 0 unspecified atom stereocenters. The molecule has 0 saturated heterocycles. The Balaban J connectivity index is 1.83. The molecule has 0 aliphatic heterocycles. The molecule has 0 fully saturated rings. The highest BCUT2D eigenvalue weighted by molar-refractivity contribution is 7.89. The molecular weight excluding hydrogens is 590 g/mol. The molecule has 0 spiro atoms. The fraction of sp³-hybridized carbons (Fsp3) is 0.370. The molecule has 0 bridgehead atoms. The minimum atomic E-state index is -4.27. The zero-order chi connectivity index (χ0) is 30.9. The van der Waals surface area contributed by atoms with E-state index < -0.39 is 43.1 Å². The van der Waals surface area contributed by atoms with Crippen molar-refractivity contribution in [2.45, 2.75) is 50.5 Å². The molecule has 0 aliphatic carbocycles. The van der Waals surface area contributed by atoms with Gasteiger partial charge in [-0.1, -0.05) is 12.1 Å². The number of nitrogens with two attached hydrogens (primary N) is 1. The smallest absolute Gasteiger partial charge is 0.351 e. The molecule has 4 aromatic rings. The van der Waals surface area contributed by atoms with Gasteiger partial charge in [0.15, 0.2) is 5.58 Å². The number of oxazole rings is 1. The number of anilines is 1. The van der Waals surface area contributed by atoms with E-state index in [2.05, 4.69) is 4.98 Å². The van der Waals surface area contributed by atoms with Gasteiger partial charge in [-0.25, -0.2) is 23.3 Å². The van der Waals surface area contributed by atoms with Crippen LogP contribution in [0.5, 0.6) is 0 Å². The largest absolute Gasteiger partial charge is 0.460 e. The maximum Gasteiger partial charge on any atom is 0.351 e. The molecule has 226 valence electrons. The molecule has 13 nitrogen and oxygen atoms in total. The van der Waals surface area contributed by atoms with Crippen molar-refractivity contribution in [3.63, 3.8) is 0 Å². The van der Waals surface area contributed by atoms with Gasteiger partial charge in [0.05, 0.1) is 16.3 Å². The number of fused-ring (bicyclic) bond motifs is 2. The second kappa shape index (κ2) is 11.8. The maximum atomic E-state index is 13.4. The van der Waals surface area contributed by atoms with Crippen LogP contribution in [-0.2, 0) is 29.7 Å². The molecule has 0 radical (unpaired) electrons. The summed E-state index contributed by atoms with van der Waals surface area (Å²) < 4.78 is 72.7. The molecule has 0 atom stereocenters. The first-order valence-corrected chi connectivity index (χ1v) is 16.1. The predicted molar refractivity (Wildman–Crippen MR) is 155 cm³/mol. The first-order valence-electron chi connectivity index (χ1n) is 12.9. The van der Waals surface area contributed by atoms with Gasteiger partial charge in [-0.05, 0) is 57.9 Å². The molecule has 0 aliphatic rings. The summed E-state index contributed by atoms with van der Waals surface area (Å²) in [6.07, 6.45) is 0.310. The number of aromatic nitrogens is 1. The van der Waals surface area contributed by atoms with E-state index in [1.807, 2.05) is 0 Å². The summed E-state index contributed by atoms with van der Waals surface area (Å²) in [4.78, 5) is 31.7. The molecule has 42 heavy (non-hydrogen) atoms. The van der Waals surface area contributed by atoms with Gasteiger partial charge in [0.25, 0.3) is 10.1 Å². The van der Waals surface area contributed by atoms with Gasteiger partial charge >= 0.3 is 11.6 Å². The number of rotatable bonds is 11. The number of ether oxygens (including phenoxy) is 1. The van der Waals surface area contributed by atoms with E-state index in [0.717, 1.165) is 0 Å². The molecule has 2 heterocycles. The van der Waals surface area contributed by atoms with Crippen LogP contribution in [0.4, 0.5) is 5.69 Å². The minimum Gasteiger partial charge on any atom is -0.460 e. The van der Waals surface area contributed by atoms with Crippen molar-refractivity contribution >= 4 is 53.9 Å². The van der Waals surface area contributed by atoms with Crippen LogP contribution < -0.4 is 15.7 Å². The highest BCUT2D eigenvalue weighted by Crippen LogP contribution is 2.36. The Kier molecular flexibility index (Phi) is 8.78. The van der Waals surface area contributed by atoms with Gasteiger partial charge in [-0.3, -0.25) is 9.35 Å². The second-order valence-electron chi connectivity index (χ2n) is 10.6. The van der Waals surface area contributed by atoms with Crippen LogP contribution >= 0.6 is 0 Å². The Labute approximate surface area is 242 Å². The number of sulfonamides is 1. The van der Waals surface area contributed by atoms with Crippen LogP contribution in [0.1, 0.15) is 40.0 Å². The van der Waals surface area contributed by atoms with E-state index in [1.54, 1.807) is 49.9 Å². The lowest BCUT2D eigenvalue weighted by Crippen LogP contribution is -2.30. The van der Waals surface area contributed by atoms with E-state index in [0.29, 0.717) is 11.1 Å². The number of primary sulfonamides is 1. The lowest BCUT2D eigenvalue weighted by molar-refractivity contribution is -0.154. The number of benzene rings is 2. The summed E-state index contributed by atoms with van der Waals surface area (Å²) >= 11 is 0. The van der Waals surface area contributed by atoms with Crippen molar-refractivity contribution in [3.8, 4) is 11.5 Å². The average molecular weight is 622 g/mol. The molecule has 2 aromatic heterocycles. The van der Waals surface area contributed by atoms with Crippen molar-refractivity contribution in [3.05, 3.63) is 52.9 Å². The number of esters is 1. The summed E-state index contributed by atoms with van der Waals surface area (Å²) in [6, 6.07) is 10.5. The Hall–Kier alpha value is -3.79. The fourth-order valence-electron chi connectivity index (χ4n) is 4.42. The van der Waals surface area contributed by atoms with E-state index in [4.69, 9.17) is 18.7 Å². The number of hydrogen-bond donors (Lipinski definition) is 2. The fourth-order valence-corrected chi connectivity index (χ4v) is 5.44. The SMILES string of the molecule is CC(C)(C)OC(=O)CCCN(CCCS(=O)(=O)O)c1c(-c2nc3ccc(S(N)(=O)=O)cc3o2)c(=O)oc2ccccc12. The van der Waals surface area contributed by atoms with Crippen LogP contribution in [0, 0.1) is 0 Å². The van der Waals surface area contributed by atoms with Crippen LogP contribution in [0.15, 0.2) is 61.0 Å². The van der Waals surface area contributed by atoms with E-state index in [9.17, 15) is 31.0 Å². The molecule has 0 amide bonds. The zero-order valence-corrected chi connectivity index (χ0v) is 24.8. The van der Waals surface area contributed by atoms with Crippen LogP contribution in [0.25, 0.3) is 33.5 Å². The lowest BCUT2D eigenvalue weighted by atomic mass is 10.1. The van der Waals surface area contributed by atoms with Gasteiger partial charge in [-0.15, -0.1) is 0 Å². The summed E-state index contributed by atoms with van der Waals surface area (Å²) in [5.74, 6) is -1.13. The Bertz CT molecular complexity index is 1910. The quantitative estimate of drug-likeness (QED) is 0.141. The molecular formula is C27H31N3O10S2. The van der Waals surface area contributed by atoms with Crippen molar-refractivity contribution in [1.82, 2.24) is 4.98 Å². The van der Waals surface area contributed by atoms with Crippen molar-refractivity contribution in [1.29, 1.82) is 0 Å². The highest BCUT2D eigenvalue weighted by Gasteiger charge is 2.26. The first-order chi connectivity index (χ1) is 19.5. The normalized spacial score (nSPS) is 12.6. The van der Waals surface area contributed by atoms with Crippen molar-refractivity contribution < 1.29 is 39.8 Å². The Morgan fingerprint density at radius 2 is 1.71 bits per heavy atom. The molecule has 2 aromatic carbocycles. The second-order valence-corrected chi connectivity index (χ2v) is 13.8. The number of carbonyl (C=O) groups is 1. The van der Waals surface area contributed by atoms with E-state index in [-0.39, 0.29) is 65.4 Å². The van der Waals surface area contributed by atoms with Gasteiger partial charge < -0.3 is 18.5 Å². The molecule has 15 heteroatoms. The zero-order valence-electron chi connectivity index (χ0n) is 23.2. The van der Waals surface area contributed by atoms with Crippen LogP contribution in [0.2, 0.25) is 0 Å². The monoisotopic (exact) mass is 621 g/mol. The molecule has 4 rings (SSSR count). The number of nitrogens with zero attached hydrogens (tertiary/aromatic N) is 2. The summed E-state index contributed by atoms with van der Waals surface area (Å²) in [5, 5.41) is 5.72. The predicted octanol–water partition coefficient (Wildman–Crippen LogP) is 3.45. The minimum absolute atomic E-state index is 0.00938. The highest BCUT2D eigenvalue weighted by atomic mass is 32.2. The average Bonchev–Trinajstić information content (AvgIpc) is 3.27. The third-order valence-electron chi connectivity index (χ3n) is 6.06. The van der Waals surface area contributed by atoms with Gasteiger partial charge in [0.2, 0.25) is 15.9 Å². The first kappa shape index (κ1) is 31.2. The molecule has 3 N–H and O–H groups in total. The lowest BCUT2D eigenvalue weighted by Gasteiger charge is -2.27. The number of para-hydroxylation sites is 1. The maximum absolute atomic E-state index is 13.4. The standard InChI is InChI=1S/C27H31N3O10S2/c1-27(2,3)40-22(31)10-6-13-30(14-7-15-41(33,34)35)24-18-8-4-5-9-20(18)39-26(32)23(24)25-29-19-12-11-17(42(28,36)37)16-21(19)38-25/h4-5,8-9,11-12,16H,6-7,10,13-15H2,1-3H3,(H2,28,36,37)(H,33,34,35). The summed E-state index contributed by atoms with van der Waals surface area (Å²) in [6.45, 7) is 5.49. The van der Waals surface area contributed by atoms with E-state index >= 15 is 0 Å². The molecule has 0 saturated carbocycles. The summed E-state index contributed by atoms with van der Waals surface area (Å²) in [7, 11) is -8.32. The van der Waals surface area contributed by atoms with Crippen molar-refractivity contribution in [2.75, 3.05) is 23.7 Å². The van der Waals surface area contributed by atoms with Crippen molar-refractivity contribution in [2.24, 2.45) is 5.14 Å². The third kappa shape index (κ3) is 7.73. The Morgan fingerprint density at radius 1 is 1.02 bits per heavy atom. The van der Waals surface area contributed by atoms with Crippen LogP contribution in [0.3, 0.4) is 0 Å². The topological polar surface area (TPSA) is 200 Å². The number of hydrogen-bond acceptors (Lipinski definition) is 11. The van der Waals surface area contributed by atoms with Crippen LogP contribution in [-0.4, -0.2) is 56.8 Å². The summed E-state index contributed by atoms with van der Waals surface area (Å²) in [5.41, 5.74) is -0.735. The van der Waals surface area contributed by atoms with E-state index in [1.165, 1.54) is 18.2 Å². The third-order valence-corrected chi connectivity index (χ3v) is 7.78. The number of carbonyl (C=O) groups excluding carboxylic acids is 1. The van der Waals surface area contributed by atoms with Gasteiger partial charge in [0.1, 0.15) is 22.3 Å². The van der Waals surface area contributed by atoms with Gasteiger partial charge in [-0.2, -0.15) is 8.42 Å². The van der Waals surface area contributed by atoms with Gasteiger partial charge in [0, 0.05) is 31.0 Å².